The van der Waals surface area contributed by atoms with Crippen LogP contribution in [0.5, 0.6) is 0 Å². The maximum atomic E-state index is 12.6. The molecule has 0 saturated carbocycles. The lowest BCUT2D eigenvalue weighted by atomic mass is 9.97. The van der Waals surface area contributed by atoms with Gasteiger partial charge in [0.1, 0.15) is 12.2 Å². The van der Waals surface area contributed by atoms with Crippen LogP contribution < -0.4 is 11.5 Å². The first-order valence-electron chi connectivity index (χ1n) is 5.32. The summed E-state index contributed by atoms with van der Waals surface area (Å²) < 4.78 is 12.6. The zero-order valence-corrected chi connectivity index (χ0v) is 10.2. The zero-order chi connectivity index (χ0) is 13.5. The van der Waals surface area contributed by atoms with Crippen molar-refractivity contribution in [3.8, 4) is 0 Å². The fourth-order valence-electron chi connectivity index (χ4n) is 1.04. The quantitative estimate of drug-likeness (QED) is 0.351. The molecular weight excluding hydrogens is 225 g/mol. The highest BCUT2D eigenvalue weighted by Crippen LogP contribution is 2.11. The Balaban J connectivity index is 4.36. The summed E-state index contributed by atoms with van der Waals surface area (Å²) in [6.45, 7) is 2.81. The molecule has 0 aliphatic heterocycles. The smallest absolute Gasteiger partial charge is 0.323 e. The van der Waals surface area contributed by atoms with Crippen molar-refractivity contribution in [2.45, 2.75) is 32.2 Å². The van der Waals surface area contributed by atoms with E-state index in [0.29, 0.717) is 24.4 Å². The minimum absolute atomic E-state index is 0.0902. The van der Waals surface area contributed by atoms with Gasteiger partial charge in [-0.3, -0.25) is 9.79 Å². The highest BCUT2D eigenvalue weighted by molar-refractivity contribution is 5.78. The van der Waals surface area contributed by atoms with Gasteiger partial charge in [0.15, 0.2) is 0 Å². The van der Waals surface area contributed by atoms with Gasteiger partial charge in [-0.1, -0.05) is 6.08 Å². The molecule has 0 radical (unpaired) electrons. The topological polar surface area (TPSA) is 102 Å². The van der Waals surface area contributed by atoms with Crippen LogP contribution >= 0.6 is 0 Å². The van der Waals surface area contributed by atoms with Gasteiger partial charge in [-0.25, -0.2) is 4.39 Å². The van der Waals surface area contributed by atoms with Crippen LogP contribution in [0.15, 0.2) is 16.6 Å². The van der Waals surface area contributed by atoms with Crippen molar-refractivity contribution in [1.29, 1.82) is 0 Å². The Morgan fingerprint density at radius 2 is 2.18 bits per heavy atom. The van der Waals surface area contributed by atoms with Crippen molar-refractivity contribution < 1.29 is 14.3 Å². The number of aliphatic carboxylic acids is 1. The van der Waals surface area contributed by atoms with E-state index in [2.05, 4.69) is 4.99 Å². The normalized spacial score (nSPS) is 16.7. The lowest BCUT2D eigenvalue weighted by Crippen LogP contribution is -2.44. The molecule has 0 aromatic carbocycles. The monoisotopic (exact) mass is 245 g/mol. The molecule has 6 heteroatoms. The van der Waals surface area contributed by atoms with Gasteiger partial charge in [0.25, 0.3) is 0 Å². The van der Waals surface area contributed by atoms with E-state index >= 15 is 0 Å². The number of halogens is 1. The Labute approximate surface area is 100 Å². The molecule has 5 nitrogen and oxygen atoms in total. The number of aliphatic imine (C=N–C) groups is 1. The van der Waals surface area contributed by atoms with E-state index in [-0.39, 0.29) is 6.42 Å². The first kappa shape index (κ1) is 15.6. The molecule has 98 valence electrons. The number of hydrogen-bond donors (Lipinski definition) is 3. The standard InChI is InChI=1S/C11H20FN3O2/c1-8(13)15-6-4-9(7-12)3-5-11(2,14)10(16)17/h3H,4-7,14H2,1-2H3,(H2,13,15)(H,16,17)/b9-3+/t11-/m1/s1. The summed E-state index contributed by atoms with van der Waals surface area (Å²) in [5.74, 6) is -0.666. The molecule has 1 atom stereocenters. The highest BCUT2D eigenvalue weighted by atomic mass is 19.1. The number of amidine groups is 1. The number of nitrogens with zero attached hydrogens (tertiary/aromatic N) is 1. The number of nitrogens with two attached hydrogens (primary N) is 2. The number of hydrogen-bond acceptors (Lipinski definition) is 3. The van der Waals surface area contributed by atoms with Gasteiger partial charge in [-0.05, 0) is 32.3 Å². The van der Waals surface area contributed by atoms with Crippen molar-refractivity contribution in [2.24, 2.45) is 16.5 Å². The number of carbonyl (C=O) groups is 1. The molecule has 0 aromatic rings. The number of alkyl halides is 1. The van der Waals surface area contributed by atoms with E-state index < -0.39 is 18.2 Å². The molecule has 0 saturated heterocycles. The van der Waals surface area contributed by atoms with Crippen LogP contribution in [-0.4, -0.2) is 35.7 Å². The third-order valence-corrected chi connectivity index (χ3v) is 2.27. The number of carboxylic acids is 1. The van der Waals surface area contributed by atoms with Crippen molar-refractivity contribution in [2.75, 3.05) is 13.2 Å². The molecular formula is C11H20FN3O2. The van der Waals surface area contributed by atoms with Crippen molar-refractivity contribution in [1.82, 2.24) is 0 Å². The Kier molecular flexibility index (Phi) is 6.42. The van der Waals surface area contributed by atoms with Crippen LogP contribution in [0.1, 0.15) is 26.7 Å². The molecule has 0 aliphatic carbocycles. The molecule has 0 spiro atoms. The largest absolute Gasteiger partial charge is 0.480 e. The minimum Gasteiger partial charge on any atom is -0.480 e. The second-order valence-corrected chi connectivity index (χ2v) is 4.20. The molecule has 5 N–H and O–H groups in total. The molecule has 0 unspecified atom stereocenters. The third kappa shape index (κ3) is 6.68. The Bertz CT molecular complexity index is 321. The fraction of sp³-hybridized carbons (Fsp3) is 0.636. The summed E-state index contributed by atoms with van der Waals surface area (Å²) in [5, 5.41) is 8.79. The van der Waals surface area contributed by atoms with Crippen molar-refractivity contribution >= 4 is 11.8 Å². The highest BCUT2D eigenvalue weighted by Gasteiger charge is 2.26. The lowest BCUT2D eigenvalue weighted by Gasteiger charge is -2.17. The van der Waals surface area contributed by atoms with E-state index in [0.717, 1.165) is 0 Å². The molecule has 0 heterocycles. The van der Waals surface area contributed by atoms with E-state index in [1.807, 2.05) is 0 Å². The van der Waals surface area contributed by atoms with Crippen LogP contribution in [0.4, 0.5) is 4.39 Å². The van der Waals surface area contributed by atoms with Crippen LogP contribution in [0.3, 0.4) is 0 Å². The second kappa shape index (κ2) is 7.01. The molecule has 0 aromatic heterocycles. The summed E-state index contributed by atoms with van der Waals surface area (Å²) in [6, 6.07) is 0. The average molecular weight is 245 g/mol. The average Bonchev–Trinajstić information content (AvgIpc) is 2.22. The molecule has 0 aliphatic rings. The van der Waals surface area contributed by atoms with E-state index in [9.17, 15) is 9.18 Å². The van der Waals surface area contributed by atoms with Gasteiger partial charge in [0.05, 0.1) is 5.84 Å². The Morgan fingerprint density at radius 3 is 2.59 bits per heavy atom. The summed E-state index contributed by atoms with van der Waals surface area (Å²) in [6.07, 6.45) is 2.03. The predicted molar refractivity (Wildman–Crippen MR) is 65.7 cm³/mol. The molecule has 17 heavy (non-hydrogen) atoms. The van der Waals surface area contributed by atoms with Gasteiger partial charge in [0, 0.05) is 6.54 Å². The van der Waals surface area contributed by atoms with E-state index in [1.165, 1.54) is 13.0 Å². The number of carboxylic acid groups (broad SMARTS) is 1. The lowest BCUT2D eigenvalue weighted by molar-refractivity contribution is -0.142. The summed E-state index contributed by atoms with van der Waals surface area (Å²) in [5.41, 5.74) is 9.99. The predicted octanol–water partition coefficient (Wildman–Crippen LogP) is 0.842. The minimum atomic E-state index is -1.37. The maximum Gasteiger partial charge on any atom is 0.323 e. The van der Waals surface area contributed by atoms with E-state index in [1.54, 1.807) is 6.92 Å². The molecule has 0 fully saturated rings. The van der Waals surface area contributed by atoms with Gasteiger partial charge < -0.3 is 16.6 Å². The van der Waals surface area contributed by atoms with Gasteiger partial charge >= 0.3 is 5.97 Å². The number of rotatable bonds is 7. The van der Waals surface area contributed by atoms with Crippen molar-refractivity contribution in [3.05, 3.63) is 11.6 Å². The van der Waals surface area contributed by atoms with E-state index in [4.69, 9.17) is 16.6 Å². The first-order chi connectivity index (χ1) is 7.79. The van der Waals surface area contributed by atoms with Crippen LogP contribution in [0.25, 0.3) is 0 Å². The molecule has 0 rings (SSSR count). The molecule has 0 amide bonds. The van der Waals surface area contributed by atoms with Gasteiger partial charge in [-0.15, -0.1) is 0 Å². The Morgan fingerprint density at radius 1 is 1.59 bits per heavy atom. The maximum absolute atomic E-state index is 12.6. The van der Waals surface area contributed by atoms with Crippen molar-refractivity contribution in [3.63, 3.8) is 0 Å². The van der Waals surface area contributed by atoms with Crippen LogP contribution in [0.2, 0.25) is 0 Å². The fourth-order valence-corrected chi connectivity index (χ4v) is 1.04. The third-order valence-electron chi connectivity index (χ3n) is 2.27. The SMILES string of the molecule is CC(N)=NCC/C(=C\C[C@@](C)(N)C(=O)O)CF. The first-order valence-corrected chi connectivity index (χ1v) is 5.32. The molecule has 0 bridgehead atoms. The van der Waals surface area contributed by atoms with Crippen LogP contribution in [0, 0.1) is 0 Å². The second-order valence-electron chi connectivity index (χ2n) is 4.20. The summed E-state index contributed by atoms with van der Waals surface area (Å²) >= 11 is 0. The summed E-state index contributed by atoms with van der Waals surface area (Å²) in [4.78, 5) is 14.7. The van der Waals surface area contributed by atoms with Gasteiger partial charge in [-0.2, -0.15) is 0 Å². The van der Waals surface area contributed by atoms with Gasteiger partial charge in [0.2, 0.25) is 0 Å². The summed E-state index contributed by atoms with van der Waals surface area (Å²) in [7, 11) is 0. The van der Waals surface area contributed by atoms with Crippen LogP contribution in [-0.2, 0) is 4.79 Å². The zero-order valence-electron chi connectivity index (χ0n) is 10.2. The Hall–Kier alpha value is -1.43.